The average Bonchev–Trinajstić information content (AvgIpc) is 2.64. The second-order valence-electron chi connectivity index (χ2n) is 6.10. The van der Waals surface area contributed by atoms with E-state index in [9.17, 15) is 4.79 Å². The van der Waals surface area contributed by atoms with Crippen LogP contribution >= 0.6 is 0 Å². The highest BCUT2D eigenvalue weighted by Gasteiger charge is 2.24. The molecular formula is C18H19N5O2. The molecule has 1 aliphatic rings. The molecule has 1 saturated carbocycles. The summed E-state index contributed by atoms with van der Waals surface area (Å²) in [7, 11) is 0. The van der Waals surface area contributed by atoms with E-state index in [4.69, 9.17) is 10.00 Å². The van der Waals surface area contributed by atoms with Crippen molar-refractivity contribution in [1.82, 2.24) is 20.3 Å². The van der Waals surface area contributed by atoms with Gasteiger partial charge in [0.15, 0.2) is 0 Å². The van der Waals surface area contributed by atoms with Crippen molar-refractivity contribution in [3.8, 4) is 11.9 Å². The second kappa shape index (κ2) is 7.71. The summed E-state index contributed by atoms with van der Waals surface area (Å²) in [5, 5.41) is 11.8. The fourth-order valence-corrected chi connectivity index (χ4v) is 2.78. The number of nitriles is 1. The van der Waals surface area contributed by atoms with Crippen LogP contribution in [-0.2, 0) is 0 Å². The first-order chi connectivity index (χ1) is 12.1. The maximum absolute atomic E-state index is 12.2. The molecule has 0 atom stereocenters. The Hall–Kier alpha value is -3.01. The van der Waals surface area contributed by atoms with E-state index in [1.807, 2.05) is 13.0 Å². The van der Waals surface area contributed by atoms with Crippen molar-refractivity contribution < 1.29 is 9.53 Å². The maximum Gasteiger partial charge on any atom is 0.271 e. The number of nitrogens with zero attached hydrogens (tertiary/aromatic N) is 4. The quantitative estimate of drug-likeness (QED) is 0.917. The van der Waals surface area contributed by atoms with Gasteiger partial charge in [-0.15, -0.1) is 0 Å². The van der Waals surface area contributed by atoms with Gasteiger partial charge in [-0.2, -0.15) is 5.26 Å². The summed E-state index contributed by atoms with van der Waals surface area (Å²) < 4.78 is 5.85. The molecule has 0 unspecified atom stereocenters. The summed E-state index contributed by atoms with van der Waals surface area (Å²) in [6.07, 6.45) is 8.02. The molecule has 1 aliphatic carbocycles. The molecule has 1 amide bonds. The Kier molecular flexibility index (Phi) is 5.19. The molecule has 0 aliphatic heterocycles. The van der Waals surface area contributed by atoms with E-state index in [1.165, 1.54) is 12.4 Å². The van der Waals surface area contributed by atoms with Crippen LogP contribution in [0.1, 0.15) is 47.4 Å². The smallest absolute Gasteiger partial charge is 0.271 e. The number of hydrogen-bond donors (Lipinski definition) is 1. The molecule has 2 aromatic heterocycles. The van der Waals surface area contributed by atoms with Gasteiger partial charge in [0.05, 0.1) is 17.5 Å². The predicted octanol–water partition coefficient (Wildman–Crippen LogP) is 2.17. The summed E-state index contributed by atoms with van der Waals surface area (Å²) in [4.78, 5) is 24.5. The SMILES string of the molecule is Cc1cnc(C(=O)NC2CCC(Oc3ccc(C#N)cn3)CC2)cn1. The van der Waals surface area contributed by atoms with Crippen molar-refractivity contribution in [1.29, 1.82) is 5.26 Å². The zero-order valence-corrected chi connectivity index (χ0v) is 14.0. The van der Waals surface area contributed by atoms with Crippen molar-refractivity contribution in [2.24, 2.45) is 0 Å². The molecule has 7 nitrogen and oxygen atoms in total. The van der Waals surface area contributed by atoms with Gasteiger partial charge in [-0.3, -0.25) is 9.78 Å². The third-order valence-corrected chi connectivity index (χ3v) is 4.18. The predicted molar refractivity (Wildman–Crippen MR) is 89.9 cm³/mol. The van der Waals surface area contributed by atoms with E-state index in [-0.39, 0.29) is 18.1 Å². The fraction of sp³-hybridized carbons (Fsp3) is 0.389. The van der Waals surface area contributed by atoms with Crippen molar-refractivity contribution in [3.05, 3.63) is 47.7 Å². The number of amides is 1. The minimum absolute atomic E-state index is 0.0766. The Labute approximate surface area is 146 Å². The first-order valence-electron chi connectivity index (χ1n) is 8.26. The number of aryl methyl sites for hydroxylation is 1. The van der Waals surface area contributed by atoms with E-state index >= 15 is 0 Å². The molecule has 2 aromatic rings. The summed E-state index contributed by atoms with van der Waals surface area (Å²) in [5.74, 6) is 0.340. The highest BCUT2D eigenvalue weighted by Crippen LogP contribution is 2.23. The number of rotatable bonds is 4. The zero-order valence-electron chi connectivity index (χ0n) is 14.0. The van der Waals surface area contributed by atoms with Crippen molar-refractivity contribution in [2.75, 3.05) is 0 Å². The van der Waals surface area contributed by atoms with Gasteiger partial charge in [-0.05, 0) is 38.7 Å². The standard InChI is InChI=1S/C18H19N5O2/c1-12-9-21-16(11-20-12)18(24)23-14-3-5-15(6-4-14)25-17-7-2-13(8-19)10-22-17/h2,7,9-11,14-15H,3-6H2,1H3,(H,23,24). The molecule has 128 valence electrons. The molecule has 0 spiro atoms. The Morgan fingerprint density at radius 1 is 1.16 bits per heavy atom. The first kappa shape index (κ1) is 16.8. The lowest BCUT2D eigenvalue weighted by Crippen LogP contribution is -2.40. The highest BCUT2D eigenvalue weighted by molar-refractivity contribution is 5.92. The van der Waals surface area contributed by atoms with E-state index < -0.39 is 0 Å². The van der Waals surface area contributed by atoms with Crippen LogP contribution in [0, 0.1) is 18.3 Å². The molecule has 0 saturated heterocycles. The van der Waals surface area contributed by atoms with E-state index in [0.29, 0.717) is 17.1 Å². The van der Waals surface area contributed by atoms with Crippen LogP contribution in [0.25, 0.3) is 0 Å². The van der Waals surface area contributed by atoms with Crippen molar-refractivity contribution in [3.63, 3.8) is 0 Å². The highest BCUT2D eigenvalue weighted by atomic mass is 16.5. The molecule has 1 N–H and O–H groups in total. The summed E-state index contributed by atoms with van der Waals surface area (Å²) >= 11 is 0. The van der Waals surface area contributed by atoms with E-state index in [0.717, 1.165) is 31.4 Å². The number of ether oxygens (including phenoxy) is 1. The van der Waals surface area contributed by atoms with Crippen molar-refractivity contribution in [2.45, 2.75) is 44.8 Å². The molecule has 1 fully saturated rings. The van der Waals surface area contributed by atoms with Crippen LogP contribution in [0.5, 0.6) is 5.88 Å². The third-order valence-electron chi connectivity index (χ3n) is 4.18. The van der Waals surface area contributed by atoms with Crippen molar-refractivity contribution >= 4 is 5.91 Å². The van der Waals surface area contributed by atoms with Crippen LogP contribution in [0.2, 0.25) is 0 Å². The minimum atomic E-state index is -0.189. The monoisotopic (exact) mass is 337 g/mol. The van der Waals surface area contributed by atoms with Crippen LogP contribution in [0.4, 0.5) is 0 Å². The molecule has 2 heterocycles. The number of pyridine rings is 1. The van der Waals surface area contributed by atoms with Gasteiger partial charge in [-0.1, -0.05) is 0 Å². The molecular weight excluding hydrogens is 318 g/mol. The average molecular weight is 337 g/mol. The lowest BCUT2D eigenvalue weighted by Gasteiger charge is -2.29. The Bertz CT molecular complexity index is 760. The van der Waals surface area contributed by atoms with Gasteiger partial charge in [0.1, 0.15) is 17.9 Å². The lowest BCUT2D eigenvalue weighted by molar-refractivity contribution is 0.0885. The summed E-state index contributed by atoms with van der Waals surface area (Å²) in [5.41, 5.74) is 1.63. The zero-order chi connectivity index (χ0) is 17.6. The Morgan fingerprint density at radius 2 is 1.96 bits per heavy atom. The van der Waals surface area contributed by atoms with Gasteiger partial charge < -0.3 is 10.1 Å². The number of hydrogen-bond acceptors (Lipinski definition) is 6. The van der Waals surface area contributed by atoms with Gasteiger partial charge in [0.2, 0.25) is 5.88 Å². The number of carbonyl (C=O) groups excluding carboxylic acids is 1. The van der Waals surface area contributed by atoms with Crippen LogP contribution in [0.15, 0.2) is 30.7 Å². The minimum Gasteiger partial charge on any atom is -0.474 e. The number of carbonyl (C=O) groups is 1. The molecule has 25 heavy (non-hydrogen) atoms. The summed E-state index contributed by atoms with van der Waals surface area (Å²) in [6.45, 7) is 1.83. The first-order valence-corrected chi connectivity index (χ1v) is 8.26. The molecule has 3 rings (SSSR count). The molecule has 7 heteroatoms. The Morgan fingerprint density at radius 3 is 2.56 bits per heavy atom. The number of nitrogens with one attached hydrogen (secondary N) is 1. The van der Waals surface area contributed by atoms with Gasteiger partial charge in [0.25, 0.3) is 5.91 Å². The maximum atomic E-state index is 12.2. The van der Waals surface area contributed by atoms with E-state index in [1.54, 1.807) is 18.3 Å². The van der Waals surface area contributed by atoms with Gasteiger partial charge in [0, 0.05) is 24.5 Å². The van der Waals surface area contributed by atoms with Gasteiger partial charge >= 0.3 is 0 Å². The second-order valence-corrected chi connectivity index (χ2v) is 6.10. The number of aromatic nitrogens is 3. The molecule has 0 radical (unpaired) electrons. The summed E-state index contributed by atoms with van der Waals surface area (Å²) in [6, 6.07) is 5.55. The van der Waals surface area contributed by atoms with Crippen LogP contribution in [0.3, 0.4) is 0 Å². The molecule has 0 bridgehead atoms. The van der Waals surface area contributed by atoms with Gasteiger partial charge in [-0.25, -0.2) is 9.97 Å². The van der Waals surface area contributed by atoms with E-state index in [2.05, 4.69) is 20.3 Å². The largest absolute Gasteiger partial charge is 0.474 e. The molecule has 0 aromatic carbocycles. The topological polar surface area (TPSA) is 101 Å². The fourth-order valence-electron chi connectivity index (χ4n) is 2.78. The van der Waals surface area contributed by atoms with Crippen LogP contribution < -0.4 is 10.1 Å². The lowest BCUT2D eigenvalue weighted by atomic mass is 9.93. The third kappa shape index (κ3) is 4.51. The van der Waals surface area contributed by atoms with Crippen LogP contribution in [-0.4, -0.2) is 33.0 Å². The Balaban J connectivity index is 1.47. The normalized spacial score (nSPS) is 19.7.